The number of nitrogens with one attached hydrogen (secondary N) is 1. The highest BCUT2D eigenvalue weighted by molar-refractivity contribution is 7.17. The van der Waals surface area contributed by atoms with Crippen molar-refractivity contribution in [3.05, 3.63) is 71.1 Å². The second-order valence-electron chi connectivity index (χ2n) is 4.20. The molecule has 1 unspecified atom stereocenters. The van der Waals surface area contributed by atoms with Crippen LogP contribution >= 0.6 is 11.3 Å². The van der Waals surface area contributed by atoms with Crippen LogP contribution in [0.4, 0.5) is 0 Å². The van der Waals surface area contributed by atoms with Crippen LogP contribution < -0.4 is 11.3 Å². The molecule has 0 fully saturated rings. The highest BCUT2D eigenvalue weighted by Crippen LogP contribution is 2.31. The van der Waals surface area contributed by atoms with Gasteiger partial charge in [0.2, 0.25) is 0 Å². The highest BCUT2D eigenvalue weighted by atomic mass is 32.1. The molecule has 0 aliphatic heterocycles. The zero-order chi connectivity index (χ0) is 12.4. The minimum absolute atomic E-state index is 0.0357. The summed E-state index contributed by atoms with van der Waals surface area (Å²) in [5, 5.41) is 3.39. The lowest BCUT2D eigenvalue weighted by molar-refractivity contribution is 0.641. The van der Waals surface area contributed by atoms with Gasteiger partial charge in [-0.05, 0) is 28.0 Å². The predicted octanol–water partition coefficient (Wildman–Crippen LogP) is 3.45. The van der Waals surface area contributed by atoms with E-state index in [0.717, 1.165) is 0 Å². The summed E-state index contributed by atoms with van der Waals surface area (Å²) in [6, 6.07) is 18.8. The number of hydrogen-bond acceptors (Lipinski definition) is 3. The van der Waals surface area contributed by atoms with E-state index in [1.807, 2.05) is 18.2 Å². The summed E-state index contributed by atoms with van der Waals surface area (Å²) >= 11 is 1.76. The molecule has 3 aromatic rings. The monoisotopic (exact) mass is 254 g/mol. The van der Waals surface area contributed by atoms with Gasteiger partial charge in [-0.1, -0.05) is 48.5 Å². The quantitative estimate of drug-likeness (QED) is 0.555. The third-order valence-electron chi connectivity index (χ3n) is 3.12. The molecule has 0 aliphatic carbocycles. The van der Waals surface area contributed by atoms with Crippen LogP contribution in [-0.4, -0.2) is 0 Å². The smallest absolute Gasteiger partial charge is 0.0723 e. The molecule has 0 saturated carbocycles. The maximum absolute atomic E-state index is 5.75. The molecule has 2 aromatic carbocycles. The van der Waals surface area contributed by atoms with Crippen molar-refractivity contribution in [1.29, 1.82) is 0 Å². The molecule has 3 N–H and O–H groups in total. The Bertz CT molecular complexity index is 646. The minimum atomic E-state index is 0.0357. The van der Waals surface area contributed by atoms with Crippen LogP contribution in [0.5, 0.6) is 0 Å². The van der Waals surface area contributed by atoms with E-state index in [4.69, 9.17) is 5.84 Å². The fourth-order valence-electron chi connectivity index (χ4n) is 2.25. The zero-order valence-corrected chi connectivity index (χ0v) is 10.7. The number of thiophene rings is 1. The lowest BCUT2D eigenvalue weighted by Gasteiger charge is -2.17. The Labute approximate surface area is 110 Å². The maximum Gasteiger partial charge on any atom is 0.0723 e. The number of fused-ring (bicyclic) bond motifs is 1. The van der Waals surface area contributed by atoms with E-state index in [9.17, 15) is 0 Å². The van der Waals surface area contributed by atoms with E-state index in [1.54, 1.807) is 11.3 Å². The van der Waals surface area contributed by atoms with Gasteiger partial charge in [0, 0.05) is 4.70 Å². The normalized spacial score (nSPS) is 12.7. The van der Waals surface area contributed by atoms with E-state index in [-0.39, 0.29) is 6.04 Å². The fraction of sp³-hybridized carbons (Fsp3) is 0.0667. The van der Waals surface area contributed by atoms with Crippen molar-refractivity contribution in [3.63, 3.8) is 0 Å². The van der Waals surface area contributed by atoms with Crippen LogP contribution in [0.1, 0.15) is 17.2 Å². The first-order valence-corrected chi connectivity index (χ1v) is 6.75. The molecule has 18 heavy (non-hydrogen) atoms. The molecular formula is C15H14N2S. The molecule has 0 amide bonds. The largest absolute Gasteiger partial charge is 0.271 e. The first-order chi connectivity index (χ1) is 8.90. The second-order valence-corrected chi connectivity index (χ2v) is 5.11. The second kappa shape index (κ2) is 4.90. The zero-order valence-electron chi connectivity index (χ0n) is 9.84. The van der Waals surface area contributed by atoms with Crippen LogP contribution in [-0.2, 0) is 0 Å². The van der Waals surface area contributed by atoms with Crippen molar-refractivity contribution in [1.82, 2.24) is 5.43 Å². The average molecular weight is 254 g/mol. The SMILES string of the molecule is NNC(c1ccccc1)c1cccc2ccsc12. The van der Waals surface area contributed by atoms with Gasteiger partial charge < -0.3 is 0 Å². The summed E-state index contributed by atoms with van der Waals surface area (Å²) in [5.74, 6) is 5.75. The molecule has 3 heteroatoms. The van der Waals surface area contributed by atoms with Crippen molar-refractivity contribution in [2.75, 3.05) is 0 Å². The van der Waals surface area contributed by atoms with Gasteiger partial charge in [0.15, 0.2) is 0 Å². The lowest BCUT2D eigenvalue weighted by Crippen LogP contribution is -2.28. The van der Waals surface area contributed by atoms with Crippen LogP contribution in [0.25, 0.3) is 10.1 Å². The number of hydrogen-bond donors (Lipinski definition) is 2. The Hall–Kier alpha value is -1.68. The number of hydrazine groups is 1. The molecule has 0 saturated heterocycles. The first-order valence-electron chi connectivity index (χ1n) is 5.87. The van der Waals surface area contributed by atoms with Gasteiger partial charge in [0.1, 0.15) is 0 Å². The minimum Gasteiger partial charge on any atom is -0.271 e. The van der Waals surface area contributed by atoms with Crippen LogP contribution in [0.3, 0.4) is 0 Å². The average Bonchev–Trinajstić information content (AvgIpc) is 2.90. The van der Waals surface area contributed by atoms with Crippen molar-refractivity contribution in [2.45, 2.75) is 6.04 Å². The van der Waals surface area contributed by atoms with Gasteiger partial charge in [-0.3, -0.25) is 5.84 Å². The van der Waals surface area contributed by atoms with Crippen LogP contribution in [0, 0.1) is 0 Å². The van der Waals surface area contributed by atoms with Crippen LogP contribution in [0.15, 0.2) is 60.0 Å². The van der Waals surface area contributed by atoms with E-state index in [0.29, 0.717) is 0 Å². The Morgan fingerprint density at radius 2 is 1.78 bits per heavy atom. The molecule has 1 heterocycles. The summed E-state index contributed by atoms with van der Waals surface area (Å²) in [6.07, 6.45) is 0. The van der Waals surface area contributed by atoms with E-state index >= 15 is 0 Å². The summed E-state index contributed by atoms with van der Waals surface area (Å²) < 4.78 is 1.30. The van der Waals surface area contributed by atoms with E-state index < -0.39 is 0 Å². The Balaban J connectivity index is 2.15. The summed E-state index contributed by atoms with van der Waals surface area (Å²) in [6.45, 7) is 0. The topological polar surface area (TPSA) is 38.0 Å². The number of rotatable bonds is 3. The van der Waals surface area contributed by atoms with Gasteiger partial charge in [-0.2, -0.15) is 0 Å². The third-order valence-corrected chi connectivity index (χ3v) is 4.10. The molecule has 1 atom stereocenters. The van der Waals surface area contributed by atoms with E-state index in [2.05, 4.69) is 47.2 Å². The highest BCUT2D eigenvalue weighted by Gasteiger charge is 2.15. The Kier molecular flexibility index (Phi) is 3.11. The molecule has 90 valence electrons. The van der Waals surface area contributed by atoms with Gasteiger partial charge in [-0.15, -0.1) is 11.3 Å². The molecule has 2 nitrogen and oxygen atoms in total. The fourth-order valence-corrected chi connectivity index (χ4v) is 3.20. The number of benzene rings is 2. The Morgan fingerprint density at radius 1 is 0.944 bits per heavy atom. The standard InChI is InChI=1S/C15H14N2S/c16-17-14(11-5-2-1-3-6-11)13-8-4-7-12-9-10-18-15(12)13/h1-10,14,17H,16H2. The van der Waals surface area contributed by atoms with E-state index in [1.165, 1.54) is 21.2 Å². The molecule has 1 aromatic heterocycles. The molecular weight excluding hydrogens is 240 g/mol. The molecule has 0 aliphatic rings. The molecule has 0 radical (unpaired) electrons. The van der Waals surface area contributed by atoms with Gasteiger partial charge in [0.25, 0.3) is 0 Å². The van der Waals surface area contributed by atoms with Crippen molar-refractivity contribution >= 4 is 21.4 Å². The molecule has 0 spiro atoms. The lowest BCUT2D eigenvalue weighted by atomic mass is 9.98. The summed E-state index contributed by atoms with van der Waals surface area (Å²) in [5.41, 5.74) is 5.34. The molecule has 3 rings (SSSR count). The number of nitrogens with two attached hydrogens (primary N) is 1. The first kappa shape index (κ1) is 11.4. The maximum atomic E-state index is 5.75. The van der Waals surface area contributed by atoms with Gasteiger partial charge >= 0.3 is 0 Å². The van der Waals surface area contributed by atoms with Gasteiger partial charge in [-0.25, -0.2) is 5.43 Å². The Morgan fingerprint density at radius 3 is 2.56 bits per heavy atom. The van der Waals surface area contributed by atoms with Gasteiger partial charge in [0.05, 0.1) is 6.04 Å². The predicted molar refractivity (Wildman–Crippen MR) is 77.4 cm³/mol. The van der Waals surface area contributed by atoms with Crippen molar-refractivity contribution < 1.29 is 0 Å². The van der Waals surface area contributed by atoms with Crippen molar-refractivity contribution in [2.24, 2.45) is 5.84 Å². The van der Waals surface area contributed by atoms with Crippen LogP contribution in [0.2, 0.25) is 0 Å². The molecule has 0 bridgehead atoms. The summed E-state index contributed by atoms with van der Waals surface area (Å²) in [4.78, 5) is 0. The van der Waals surface area contributed by atoms with Crippen molar-refractivity contribution in [3.8, 4) is 0 Å². The third kappa shape index (κ3) is 1.93. The summed E-state index contributed by atoms with van der Waals surface area (Å²) in [7, 11) is 0.